The Morgan fingerprint density at radius 1 is 0.875 bits per heavy atom. The molecule has 3 nitrogen and oxygen atoms in total. The van der Waals surface area contributed by atoms with Gasteiger partial charge in [0.15, 0.2) is 9.84 Å². The third-order valence-corrected chi connectivity index (χ3v) is 11.7. The summed E-state index contributed by atoms with van der Waals surface area (Å²) in [7, 11) is -3.21. The van der Waals surface area contributed by atoms with E-state index in [4.69, 9.17) is 0 Å². The van der Waals surface area contributed by atoms with Crippen LogP contribution in [-0.4, -0.2) is 25.4 Å². The Morgan fingerprint density at radius 2 is 1.48 bits per heavy atom. The number of hydrogen-bond donors (Lipinski definition) is 1. The molecule has 3 fully saturated rings. The lowest BCUT2D eigenvalue weighted by molar-refractivity contribution is 0.166. The summed E-state index contributed by atoms with van der Waals surface area (Å²) in [5.41, 5.74) is 4.84. The SMILES string of the molecule is C=CC12CCC/C(=C\C=C3\CCCC(O)C3=C)C1CCC2CCCCS(=O)(=O)c1ccc(C)cc1.CC.CC.CC.CC(C)CC(C)C. The summed E-state index contributed by atoms with van der Waals surface area (Å²) in [5.74, 6) is 3.09. The van der Waals surface area contributed by atoms with E-state index < -0.39 is 15.9 Å². The lowest BCUT2D eigenvalue weighted by Crippen LogP contribution is -2.34. The molecule has 0 saturated heterocycles. The number of fused-ring (bicyclic) bond motifs is 1. The summed E-state index contributed by atoms with van der Waals surface area (Å²) in [6.07, 6.45) is 19.2. The van der Waals surface area contributed by atoms with Crippen LogP contribution in [0.15, 0.2) is 77.3 Å². The summed E-state index contributed by atoms with van der Waals surface area (Å²) in [5, 5.41) is 10.2. The fourth-order valence-electron chi connectivity index (χ4n) is 7.82. The lowest BCUT2D eigenvalue weighted by Gasteiger charge is -2.43. The maximum Gasteiger partial charge on any atom is 0.178 e. The van der Waals surface area contributed by atoms with Crippen molar-refractivity contribution in [2.75, 3.05) is 5.75 Å². The number of allylic oxidation sites excluding steroid dienone is 4. The molecule has 1 aromatic rings. The minimum absolute atomic E-state index is 0.140. The molecule has 4 atom stereocenters. The molecular formula is C44H76O3S. The lowest BCUT2D eigenvalue weighted by atomic mass is 9.61. The molecule has 0 amide bonds. The van der Waals surface area contributed by atoms with E-state index in [1.807, 2.05) is 60.6 Å². The number of aliphatic hydroxyl groups excluding tert-OH is 1. The summed E-state index contributed by atoms with van der Waals surface area (Å²) in [4.78, 5) is 0.441. The number of unbranched alkanes of at least 4 members (excludes halogenated alkanes) is 1. The van der Waals surface area contributed by atoms with Crippen molar-refractivity contribution in [2.45, 2.75) is 164 Å². The van der Waals surface area contributed by atoms with Crippen LogP contribution in [0, 0.1) is 36.0 Å². The highest BCUT2D eigenvalue weighted by atomic mass is 32.2. The first kappa shape index (κ1) is 46.1. The van der Waals surface area contributed by atoms with Crippen LogP contribution in [0.1, 0.15) is 152 Å². The summed E-state index contributed by atoms with van der Waals surface area (Å²) >= 11 is 0. The molecule has 4 unspecified atom stereocenters. The molecule has 0 spiro atoms. The molecule has 1 aromatic carbocycles. The number of benzene rings is 1. The maximum atomic E-state index is 12.7. The molecule has 0 bridgehead atoms. The van der Waals surface area contributed by atoms with E-state index in [0.29, 0.717) is 23.2 Å². The molecule has 276 valence electrons. The third-order valence-electron chi connectivity index (χ3n) is 9.89. The molecule has 0 heterocycles. The van der Waals surface area contributed by atoms with Crippen molar-refractivity contribution < 1.29 is 13.5 Å². The van der Waals surface area contributed by atoms with Crippen LogP contribution >= 0.6 is 0 Å². The van der Waals surface area contributed by atoms with Gasteiger partial charge < -0.3 is 5.11 Å². The van der Waals surface area contributed by atoms with Gasteiger partial charge in [0.2, 0.25) is 0 Å². The molecule has 3 saturated carbocycles. The van der Waals surface area contributed by atoms with Crippen LogP contribution in [0.25, 0.3) is 0 Å². The van der Waals surface area contributed by atoms with E-state index in [2.05, 4.69) is 59.1 Å². The molecule has 1 N–H and O–H groups in total. The Bertz CT molecular complexity index is 1200. The van der Waals surface area contributed by atoms with Crippen molar-refractivity contribution in [2.24, 2.45) is 29.1 Å². The minimum Gasteiger partial charge on any atom is -0.388 e. The van der Waals surface area contributed by atoms with E-state index in [9.17, 15) is 13.5 Å². The molecule has 0 aliphatic heterocycles. The fourth-order valence-corrected chi connectivity index (χ4v) is 9.19. The number of aliphatic hydroxyl groups is 1. The second-order valence-electron chi connectivity index (χ2n) is 14.0. The highest BCUT2D eigenvalue weighted by Crippen LogP contribution is 2.59. The van der Waals surface area contributed by atoms with E-state index in [1.54, 1.807) is 12.1 Å². The summed E-state index contributed by atoms with van der Waals surface area (Å²) in [6, 6.07) is 7.20. The highest BCUT2D eigenvalue weighted by molar-refractivity contribution is 7.91. The smallest absolute Gasteiger partial charge is 0.178 e. The van der Waals surface area contributed by atoms with Crippen LogP contribution < -0.4 is 0 Å². The molecular weight excluding hydrogens is 609 g/mol. The van der Waals surface area contributed by atoms with Crippen molar-refractivity contribution in [1.82, 2.24) is 0 Å². The molecule has 4 rings (SSSR count). The molecule has 48 heavy (non-hydrogen) atoms. The van der Waals surface area contributed by atoms with Gasteiger partial charge in [-0.05, 0) is 130 Å². The number of aryl methyl sites for hydroxylation is 1. The molecule has 3 aliphatic carbocycles. The topological polar surface area (TPSA) is 54.4 Å². The second kappa shape index (κ2) is 24.3. The first-order valence-electron chi connectivity index (χ1n) is 19.6. The summed E-state index contributed by atoms with van der Waals surface area (Å²) < 4.78 is 25.4. The highest BCUT2D eigenvalue weighted by Gasteiger charge is 2.50. The minimum atomic E-state index is -3.21. The summed E-state index contributed by atoms with van der Waals surface area (Å²) in [6.45, 7) is 31.5. The quantitative estimate of drug-likeness (QED) is 0.197. The predicted molar refractivity (Wildman–Crippen MR) is 213 cm³/mol. The van der Waals surface area contributed by atoms with Gasteiger partial charge in [0, 0.05) is 0 Å². The van der Waals surface area contributed by atoms with Gasteiger partial charge in [-0.1, -0.05) is 124 Å². The van der Waals surface area contributed by atoms with Gasteiger partial charge in [-0.15, -0.1) is 6.58 Å². The number of rotatable bonds is 10. The monoisotopic (exact) mass is 685 g/mol. The Labute approximate surface area is 299 Å². The van der Waals surface area contributed by atoms with E-state index in [-0.39, 0.29) is 11.2 Å². The largest absolute Gasteiger partial charge is 0.388 e. The second-order valence-corrected chi connectivity index (χ2v) is 16.1. The normalized spacial score (nSPS) is 25.0. The third kappa shape index (κ3) is 14.1. The van der Waals surface area contributed by atoms with E-state index in [0.717, 1.165) is 61.5 Å². The zero-order chi connectivity index (χ0) is 36.9. The van der Waals surface area contributed by atoms with E-state index >= 15 is 0 Å². The Hall–Kier alpha value is -1.91. The van der Waals surface area contributed by atoms with Crippen molar-refractivity contribution >= 4 is 9.84 Å². The molecule has 4 heteroatoms. The van der Waals surface area contributed by atoms with Gasteiger partial charge >= 0.3 is 0 Å². The van der Waals surface area contributed by atoms with Crippen molar-refractivity contribution in [1.29, 1.82) is 0 Å². The first-order valence-corrected chi connectivity index (χ1v) is 21.2. The van der Waals surface area contributed by atoms with Gasteiger partial charge in [0.05, 0.1) is 16.8 Å². The average Bonchev–Trinajstić information content (AvgIpc) is 3.46. The maximum absolute atomic E-state index is 12.7. The number of hydrogen-bond acceptors (Lipinski definition) is 3. The predicted octanol–water partition coefficient (Wildman–Crippen LogP) is 13.0. The van der Waals surface area contributed by atoms with Gasteiger partial charge in [0.25, 0.3) is 0 Å². The van der Waals surface area contributed by atoms with Gasteiger partial charge in [-0.3, -0.25) is 0 Å². The zero-order valence-electron chi connectivity index (χ0n) is 33.2. The Kier molecular flexibility index (Phi) is 23.3. The Morgan fingerprint density at radius 3 is 2.02 bits per heavy atom. The van der Waals surface area contributed by atoms with Crippen molar-refractivity contribution in [3.8, 4) is 0 Å². The Balaban J connectivity index is 0.00000147. The molecule has 0 radical (unpaired) electrons. The number of sulfone groups is 1. The fraction of sp³-hybridized carbons (Fsp3) is 0.682. The van der Waals surface area contributed by atoms with Crippen LogP contribution in [0.4, 0.5) is 0 Å². The van der Waals surface area contributed by atoms with Gasteiger partial charge in [-0.2, -0.15) is 0 Å². The van der Waals surface area contributed by atoms with Crippen LogP contribution in [0.3, 0.4) is 0 Å². The van der Waals surface area contributed by atoms with Crippen LogP contribution in [-0.2, 0) is 9.84 Å². The van der Waals surface area contributed by atoms with Crippen molar-refractivity contribution in [3.05, 3.63) is 77.9 Å². The van der Waals surface area contributed by atoms with Crippen molar-refractivity contribution in [3.63, 3.8) is 0 Å². The zero-order valence-corrected chi connectivity index (χ0v) is 34.0. The van der Waals surface area contributed by atoms with Crippen LogP contribution in [0.5, 0.6) is 0 Å². The molecule has 3 aliphatic rings. The van der Waals surface area contributed by atoms with E-state index in [1.165, 1.54) is 43.3 Å². The van der Waals surface area contributed by atoms with Gasteiger partial charge in [0.1, 0.15) is 0 Å². The van der Waals surface area contributed by atoms with Crippen LogP contribution in [0.2, 0.25) is 0 Å². The van der Waals surface area contributed by atoms with Gasteiger partial charge in [-0.25, -0.2) is 8.42 Å². The average molecular weight is 685 g/mol. The molecule has 0 aromatic heterocycles. The first-order chi connectivity index (χ1) is 22.9. The standard InChI is InChI=1S/C31H42O3S.C7H16.3C2H6/c1-4-31-21-8-10-26(16-15-25-9-7-12-30(32)24(25)3)29(31)20-17-27(31)11-5-6-22-35(33,34)28-18-13-23(2)14-19-28;1-6(2)5-7(3)4;3*1-2/h4,13-16,18-19,27,29-30,32H,1,3,5-12,17,20-22H2,2H3;6-7H,5H2,1-4H3;3*1-2H3/b25-15-,26-16+;;;;.